The molecule has 12 heteroatoms. The van der Waals surface area contributed by atoms with Gasteiger partial charge in [0.15, 0.2) is 0 Å². The van der Waals surface area contributed by atoms with Gasteiger partial charge in [-0.25, -0.2) is 0 Å². The molecule has 0 bridgehead atoms. The molecule has 0 N–H and O–H groups in total. The van der Waals surface area contributed by atoms with Crippen LogP contribution in [0.15, 0.2) is 0 Å². The van der Waals surface area contributed by atoms with Crippen molar-refractivity contribution in [1.29, 1.82) is 0 Å². The fourth-order valence-corrected chi connectivity index (χ4v) is 0. The first-order valence-corrected chi connectivity index (χ1v) is 4.38. The first-order chi connectivity index (χ1) is 4.00. The van der Waals surface area contributed by atoms with E-state index in [2.05, 4.69) is 0 Å². The molecule has 0 aromatic rings. The Bertz CT molecular complexity index is 129. The number of hydrogen-bond donors (Lipinski definition) is 0. The van der Waals surface area contributed by atoms with Gasteiger partial charge in [-0.3, -0.25) is 0 Å². The van der Waals surface area contributed by atoms with Gasteiger partial charge >= 0.3 is 30.4 Å². The third-order valence-corrected chi connectivity index (χ3v) is 0. The molecule has 0 aromatic heterocycles. The second kappa shape index (κ2) is 8.65. The van der Waals surface area contributed by atoms with Crippen molar-refractivity contribution in [3.05, 3.63) is 0 Å². The molecule has 0 aliphatic rings. The summed E-state index contributed by atoms with van der Waals surface area (Å²) in [6.45, 7) is 0. The van der Waals surface area contributed by atoms with E-state index < -0.39 is 15.6 Å². The molecule has 0 radical (unpaired) electrons. The van der Waals surface area contributed by atoms with Gasteiger partial charge in [0.25, 0.3) is 0 Å². The Morgan fingerprint density at radius 3 is 0.667 bits per heavy atom. The molecule has 0 spiro atoms. The normalized spacial score (nSPS) is 9.83. The molecule has 0 fully saturated rings. The van der Waals surface area contributed by atoms with E-state index in [9.17, 15) is 0 Å². The van der Waals surface area contributed by atoms with Crippen molar-refractivity contribution < 1.29 is 58.0 Å². The topological polar surface area (TPSA) is 172 Å². The molecule has 0 atom stereocenters. The summed E-state index contributed by atoms with van der Waals surface area (Å²) in [5.74, 6) is 0. The van der Waals surface area contributed by atoms with Gasteiger partial charge in [-0.2, -0.15) is 15.6 Å². The molecule has 12 heavy (non-hydrogen) atoms. The standard InChI is InChI=1S/2H3O4P.Si.Zn/c2*1-5(2,3)4;;/h2*(H3,1,2,3,4);;/q;;+4;+2/p-6. The van der Waals surface area contributed by atoms with Crippen molar-refractivity contribution >= 4 is 26.6 Å². The Morgan fingerprint density at radius 2 is 0.667 bits per heavy atom. The van der Waals surface area contributed by atoms with E-state index in [4.69, 9.17) is 38.5 Å². The molecule has 0 rings (SSSR count). The number of hydrogen-bond acceptors (Lipinski definition) is 8. The molecule has 0 amide bonds. The Morgan fingerprint density at radius 1 is 0.667 bits per heavy atom. The quantitative estimate of drug-likeness (QED) is 0.312. The van der Waals surface area contributed by atoms with E-state index in [1.807, 2.05) is 0 Å². The van der Waals surface area contributed by atoms with Crippen molar-refractivity contribution in [3.63, 3.8) is 0 Å². The van der Waals surface area contributed by atoms with Crippen LogP contribution in [0.3, 0.4) is 0 Å². The SMILES string of the molecule is O=P([O-])([O-])[O-].O=P([O-])([O-])[O-].[Si+4].[Zn+2]. The van der Waals surface area contributed by atoms with E-state index in [0.717, 1.165) is 0 Å². The van der Waals surface area contributed by atoms with Crippen LogP contribution < -0.4 is 29.4 Å². The minimum absolute atomic E-state index is 0. The third kappa shape index (κ3) is 996. The molecular weight excluding hydrogens is 283 g/mol. The van der Waals surface area contributed by atoms with Gasteiger partial charge < -0.3 is 38.5 Å². The molecule has 0 aliphatic carbocycles. The second-order valence-electron chi connectivity index (χ2n) is 0.894. The van der Waals surface area contributed by atoms with E-state index in [1.165, 1.54) is 0 Å². The van der Waals surface area contributed by atoms with E-state index in [-0.39, 0.29) is 30.4 Å². The average Bonchev–Trinajstić information content (AvgIpc) is 1.12. The summed E-state index contributed by atoms with van der Waals surface area (Å²) in [6, 6.07) is 0. The summed E-state index contributed by atoms with van der Waals surface area (Å²) in [4.78, 5) is 51.3. The summed E-state index contributed by atoms with van der Waals surface area (Å²) in [5, 5.41) is 0. The van der Waals surface area contributed by atoms with Gasteiger partial charge in [-0.15, -0.1) is 0 Å². The van der Waals surface area contributed by atoms with Crippen LogP contribution in [0.25, 0.3) is 0 Å². The van der Waals surface area contributed by atoms with Crippen molar-refractivity contribution in [3.8, 4) is 0 Å². The van der Waals surface area contributed by atoms with Gasteiger partial charge in [0, 0.05) is 0 Å². The molecule has 0 saturated carbocycles. The predicted octanol–water partition coefficient (Wildman–Crippen LogP) is -6.03. The zero-order valence-corrected chi connectivity index (χ0v) is 11.1. The zero-order valence-electron chi connectivity index (χ0n) is 5.37. The maximum absolute atomic E-state index is 8.55. The van der Waals surface area contributed by atoms with E-state index >= 15 is 0 Å². The van der Waals surface area contributed by atoms with E-state index in [1.54, 1.807) is 0 Å². The minimum Gasteiger partial charge on any atom is -0.822 e. The molecule has 0 saturated heterocycles. The van der Waals surface area contributed by atoms with Crippen molar-refractivity contribution in [2.45, 2.75) is 0 Å². The van der Waals surface area contributed by atoms with E-state index in [0.29, 0.717) is 0 Å². The maximum Gasteiger partial charge on any atom is 4.00 e. The molecular formula is O8P2SiZn. The van der Waals surface area contributed by atoms with Crippen LogP contribution in [-0.4, -0.2) is 11.0 Å². The fraction of sp³-hybridized carbons (Fsp3) is 0. The number of rotatable bonds is 0. The molecule has 0 aliphatic heterocycles. The Hall–Kier alpha value is 1.06. The average molecular weight is 283 g/mol. The smallest absolute Gasteiger partial charge is 0.822 e. The van der Waals surface area contributed by atoms with Crippen LogP contribution in [0.4, 0.5) is 0 Å². The van der Waals surface area contributed by atoms with Crippen LogP contribution in [0.1, 0.15) is 0 Å². The second-order valence-corrected chi connectivity index (χ2v) is 2.68. The Balaban J connectivity index is -0.0000000457. The zero-order chi connectivity index (χ0) is 9.00. The van der Waals surface area contributed by atoms with Gasteiger partial charge in [-0.05, 0) is 0 Å². The minimum atomic E-state index is -5.39. The monoisotopic (exact) mass is 282 g/mol. The van der Waals surface area contributed by atoms with Crippen LogP contribution in [0, 0.1) is 0 Å². The van der Waals surface area contributed by atoms with Crippen LogP contribution in [0.2, 0.25) is 0 Å². The van der Waals surface area contributed by atoms with Crippen LogP contribution in [0.5, 0.6) is 0 Å². The van der Waals surface area contributed by atoms with Crippen LogP contribution in [-0.2, 0) is 28.6 Å². The largest absolute Gasteiger partial charge is 4.00 e. The number of phosphoric acid groups is 2. The summed E-state index contributed by atoms with van der Waals surface area (Å²) in [7, 11) is -10.8. The van der Waals surface area contributed by atoms with Crippen molar-refractivity contribution in [2.24, 2.45) is 0 Å². The van der Waals surface area contributed by atoms with Crippen LogP contribution >= 0.6 is 15.6 Å². The molecule has 64 valence electrons. The summed E-state index contributed by atoms with van der Waals surface area (Å²) >= 11 is 0. The first-order valence-electron chi connectivity index (χ1n) is 1.46. The molecule has 0 heterocycles. The molecule has 0 unspecified atom stereocenters. The van der Waals surface area contributed by atoms with Gasteiger partial charge in [0.05, 0.1) is 0 Å². The summed E-state index contributed by atoms with van der Waals surface area (Å²) < 4.78 is 17.1. The molecule has 8 nitrogen and oxygen atoms in total. The van der Waals surface area contributed by atoms with Crippen molar-refractivity contribution in [2.75, 3.05) is 0 Å². The van der Waals surface area contributed by atoms with Gasteiger partial charge in [0.1, 0.15) is 0 Å². The summed E-state index contributed by atoms with van der Waals surface area (Å²) in [6.07, 6.45) is 0. The first kappa shape index (κ1) is 23.1. The van der Waals surface area contributed by atoms with Crippen molar-refractivity contribution in [1.82, 2.24) is 0 Å². The Labute approximate surface area is 84.9 Å². The Kier molecular flexibility index (Phi) is 16.7. The van der Waals surface area contributed by atoms with Gasteiger partial charge in [0.2, 0.25) is 0 Å². The van der Waals surface area contributed by atoms with Gasteiger partial charge in [-0.1, -0.05) is 0 Å². The molecule has 0 aromatic carbocycles. The fourth-order valence-electron chi connectivity index (χ4n) is 0. The predicted molar refractivity (Wildman–Crippen MR) is 21.0 cm³/mol. The third-order valence-electron chi connectivity index (χ3n) is 0. The maximum atomic E-state index is 8.55. The summed E-state index contributed by atoms with van der Waals surface area (Å²) in [5.41, 5.74) is 0.